The monoisotopic (exact) mass is 407 g/mol. The van der Waals surface area contributed by atoms with Crippen molar-refractivity contribution < 1.29 is 19.1 Å². The summed E-state index contributed by atoms with van der Waals surface area (Å²) in [5, 5.41) is 5.22. The molecule has 2 amide bonds. The molecule has 3 aromatic rings. The third kappa shape index (κ3) is 2.92. The van der Waals surface area contributed by atoms with E-state index in [1.807, 2.05) is 30.3 Å². The Morgan fingerprint density at radius 2 is 2.03 bits per heavy atom. The number of thiazole rings is 1. The minimum Gasteiger partial charge on any atom is -0.454 e. The fourth-order valence-electron chi connectivity index (χ4n) is 3.94. The zero-order chi connectivity index (χ0) is 20.0. The standard InChI is InChI=1S/C21H17N3O4S/c1-24-18(12-6-7-15-16(10-12)28-11-27-15)17(19(25)23-21-22-8-9-29-21)13-4-2-3-5-14(13)20(24)26/h2-10,17-18H,11H2,1H3,(H,22,23,25)/t17-,18-/m1/s1. The summed E-state index contributed by atoms with van der Waals surface area (Å²) in [6.07, 6.45) is 1.64. The number of aromatic nitrogens is 1. The number of ether oxygens (including phenoxy) is 2. The van der Waals surface area contributed by atoms with Crippen LogP contribution in [-0.4, -0.2) is 35.5 Å². The molecule has 0 aliphatic carbocycles. The van der Waals surface area contributed by atoms with Gasteiger partial charge in [0.2, 0.25) is 12.7 Å². The molecule has 146 valence electrons. The molecule has 3 heterocycles. The quantitative estimate of drug-likeness (QED) is 0.720. The third-order valence-corrected chi connectivity index (χ3v) is 5.95. The van der Waals surface area contributed by atoms with Crippen LogP contribution in [0.4, 0.5) is 5.13 Å². The Morgan fingerprint density at radius 3 is 2.86 bits per heavy atom. The molecule has 1 N–H and O–H groups in total. The predicted molar refractivity (Wildman–Crippen MR) is 107 cm³/mol. The van der Waals surface area contributed by atoms with E-state index in [-0.39, 0.29) is 18.6 Å². The van der Waals surface area contributed by atoms with Gasteiger partial charge >= 0.3 is 0 Å². The molecule has 29 heavy (non-hydrogen) atoms. The van der Waals surface area contributed by atoms with Gasteiger partial charge in [-0.3, -0.25) is 9.59 Å². The van der Waals surface area contributed by atoms with Crippen LogP contribution in [0, 0.1) is 0 Å². The summed E-state index contributed by atoms with van der Waals surface area (Å²) in [7, 11) is 1.72. The number of fused-ring (bicyclic) bond motifs is 2. The first-order valence-electron chi connectivity index (χ1n) is 9.09. The molecular weight excluding hydrogens is 390 g/mol. The van der Waals surface area contributed by atoms with Gasteiger partial charge < -0.3 is 19.7 Å². The molecule has 0 saturated carbocycles. The van der Waals surface area contributed by atoms with Crippen LogP contribution >= 0.6 is 11.3 Å². The van der Waals surface area contributed by atoms with Crippen molar-refractivity contribution in [2.24, 2.45) is 0 Å². The van der Waals surface area contributed by atoms with Crippen molar-refractivity contribution in [3.8, 4) is 11.5 Å². The number of anilines is 1. The fraction of sp³-hybridized carbons (Fsp3) is 0.190. The van der Waals surface area contributed by atoms with E-state index in [1.165, 1.54) is 11.3 Å². The molecule has 2 atom stereocenters. The van der Waals surface area contributed by atoms with Crippen LogP contribution in [0.15, 0.2) is 54.0 Å². The molecule has 2 aliphatic heterocycles. The lowest BCUT2D eigenvalue weighted by molar-refractivity contribution is -0.119. The number of hydrogen-bond donors (Lipinski definition) is 1. The Morgan fingerprint density at radius 1 is 1.21 bits per heavy atom. The summed E-state index contributed by atoms with van der Waals surface area (Å²) in [4.78, 5) is 32.2. The molecule has 7 nitrogen and oxygen atoms in total. The van der Waals surface area contributed by atoms with Gasteiger partial charge in [0.05, 0.1) is 12.0 Å². The summed E-state index contributed by atoms with van der Waals surface area (Å²) in [6.45, 7) is 0.162. The molecule has 2 aliphatic rings. The maximum absolute atomic E-state index is 13.4. The first kappa shape index (κ1) is 17.7. The number of rotatable bonds is 3. The molecule has 0 fully saturated rings. The van der Waals surface area contributed by atoms with Crippen molar-refractivity contribution in [3.05, 3.63) is 70.7 Å². The number of carbonyl (C=O) groups is 2. The van der Waals surface area contributed by atoms with Crippen molar-refractivity contribution in [1.29, 1.82) is 0 Å². The molecule has 0 unspecified atom stereocenters. The second-order valence-corrected chi connectivity index (χ2v) is 7.76. The summed E-state index contributed by atoms with van der Waals surface area (Å²) < 4.78 is 10.9. The smallest absolute Gasteiger partial charge is 0.254 e. The topological polar surface area (TPSA) is 80.8 Å². The predicted octanol–water partition coefficient (Wildman–Crippen LogP) is 3.42. The zero-order valence-corrected chi connectivity index (χ0v) is 16.3. The number of carbonyl (C=O) groups excluding carboxylic acids is 2. The van der Waals surface area contributed by atoms with Crippen molar-refractivity contribution >= 4 is 28.3 Å². The van der Waals surface area contributed by atoms with Gasteiger partial charge in [0.1, 0.15) is 0 Å². The zero-order valence-electron chi connectivity index (χ0n) is 15.5. The van der Waals surface area contributed by atoms with E-state index in [2.05, 4.69) is 10.3 Å². The van der Waals surface area contributed by atoms with Crippen molar-refractivity contribution in [2.75, 3.05) is 19.2 Å². The lowest BCUT2D eigenvalue weighted by Crippen LogP contribution is -2.44. The lowest BCUT2D eigenvalue weighted by atomic mass is 9.79. The largest absolute Gasteiger partial charge is 0.454 e. The molecule has 2 aromatic carbocycles. The van der Waals surface area contributed by atoms with Crippen LogP contribution in [0.1, 0.15) is 33.4 Å². The summed E-state index contributed by atoms with van der Waals surface area (Å²) in [5.41, 5.74) is 2.04. The normalized spacial score (nSPS) is 19.8. The molecule has 0 saturated heterocycles. The highest BCUT2D eigenvalue weighted by atomic mass is 32.1. The van der Waals surface area contributed by atoms with E-state index in [9.17, 15) is 9.59 Å². The summed E-state index contributed by atoms with van der Waals surface area (Å²) >= 11 is 1.35. The average molecular weight is 407 g/mol. The van der Waals surface area contributed by atoms with Gasteiger partial charge in [-0.25, -0.2) is 4.98 Å². The number of nitrogens with zero attached hydrogens (tertiary/aromatic N) is 2. The fourth-order valence-corrected chi connectivity index (χ4v) is 4.47. The number of likely N-dealkylation sites (N-methyl/N-ethyl adjacent to an activating group) is 1. The van der Waals surface area contributed by atoms with Crippen molar-refractivity contribution in [2.45, 2.75) is 12.0 Å². The van der Waals surface area contributed by atoms with Gasteiger partial charge in [-0.1, -0.05) is 24.3 Å². The molecule has 5 rings (SSSR count). The maximum atomic E-state index is 13.4. The first-order valence-corrected chi connectivity index (χ1v) is 9.97. The van der Waals surface area contributed by atoms with Crippen LogP contribution in [0.25, 0.3) is 0 Å². The van der Waals surface area contributed by atoms with Crippen LogP contribution in [0.3, 0.4) is 0 Å². The summed E-state index contributed by atoms with van der Waals surface area (Å²) in [5.74, 6) is 0.332. The van der Waals surface area contributed by atoms with Crippen LogP contribution in [0.5, 0.6) is 11.5 Å². The molecule has 0 radical (unpaired) electrons. The van der Waals surface area contributed by atoms with Gasteiger partial charge in [0.15, 0.2) is 16.6 Å². The van der Waals surface area contributed by atoms with Gasteiger partial charge in [0, 0.05) is 24.2 Å². The van der Waals surface area contributed by atoms with Gasteiger partial charge in [-0.15, -0.1) is 11.3 Å². The third-order valence-electron chi connectivity index (χ3n) is 5.26. The highest BCUT2D eigenvalue weighted by Gasteiger charge is 2.43. The highest BCUT2D eigenvalue weighted by Crippen LogP contribution is 2.45. The number of amides is 2. The van der Waals surface area contributed by atoms with E-state index in [1.54, 1.807) is 35.7 Å². The molecular formula is C21H17N3O4S. The molecule has 8 heteroatoms. The van der Waals surface area contributed by atoms with Crippen LogP contribution < -0.4 is 14.8 Å². The Kier molecular flexibility index (Phi) is 4.21. The second kappa shape index (κ2) is 6.89. The minimum atomic E-state index is -0.599. The van der Waals surface area contributed by atoms with Crippen molar-refractivity contribution in [3.63, 3.8) is 0 Å². The molecule has 0 bridgehead atoms. The van der Waals surface area contributed by atoms with Gasteiger partial charge in [-0.2, -0.15) is 0 Å². The first-order chi connectivity index (χ1) is 14.1. The highest BCUT2D eigenvalue weighted by molar-refractivity contribution is 7.13. The number of benzene rings is 2. The van der Waals surface area contributed by atoms with E-state index in [4.69, 9.17) is 9.47 Å². The van der Waals surface area contributed by atoms with Crippen molar-refractivity contribution in [1.82, 2.24) is 9.88 Å². The average Bonchev–Trinajstić information content (AvgIpc) is 3.41. The second-order valence-electron chi connectivity index (χ2n) is 6.87. The Labute approximate surface area is 170 Å². The van der Waals surface area contributed by atoms with Crippen LogP contribution in [-0.2, 0) is 4.79 Å². The Bertz CT molecular complexity index is 1100. The Balaban J connectivity index is 1.62. The number of nitrogens with one attached hydrogen (secondary N) is 1. The SMILES string of the molecule is CN1C(=O)c2ccccc2[C@@H](C(=O)Nc2nccs2)[C@H]1c1ccc2c(c1)OCO2. The maximum Gasteiger partial charge on any atom is 0.254 e. The van der Waals surface area contributed by atoms with E-state index in [0.29, 0.717) is 27.8 Å². The number of hydrogen-bond acceptors (Lipinski definition) is 6. The van der Waals surface area contributed by atoms with E-state index in [0.717, 1.165) is 5.56 Å². The lowest BCUT2D eigenvalue weighted by Gasteiger charge is -2.39. The van der Waals surface area contributed by atoms with Gasteiger partial charge in [-0.05, 0) is 29.3 Å². The van der Waals surface area contributed by atoms with E-state index >= 15 is 0 Å². The molecule has 1 aromatic heterocycles. The van der Waals surface area contributed by atoms with Gasteiger partial charge in [0.25, 0.3) is 5.91 Å². The van der Waals surface area contributed by atoms with E-state index < -0.39 is 12.0 Å². The molecule has 0 spiro atoms. The van der Waals surface area contributed by atoms with Crippen LogP contribution in [0.2, 0.25) is 0 Å². The summed E-state index contributed by atoms with van der Waals surface area (Å²) in [6, 6.07) is 12.3. The Hall–Kier alpha value is -3.39. The minimum absolute atomic E-state index is 0.124.